The van der Waals surface area contributed by atoms with E-state index in [4.69, 9.17) is 48.3 Å². The molecular formula is C36H70O16. The Labute approximate surface area is 310 Å². The van der Waals surface area contributed by atoms with Crippen LogP contribution in [0.4, 0.5) is 9.59 Å². The minimum absolute atomic E-state index is 0.0453. The van der Waals surface area contributed by atoms with E-state index in [2.05, 4.69) is 23.6 Å². The van der Waals surface area contributed by atoms with Gasteiger partial charge in [0.05, 0.1) is 26.4 Å². The molecule has 0 aliphatic heterocycles. The molecule has 0 aromatic carbocycles. The summed E-state index contributed by atoms with van der Waals surface area (Å²) in [7, 11) is 0. The van der Waals surface area contributed by atoms with Crippen molar-refractivity contribution in [2.75, 3.05) is 26.4 Å². The summed E-state index contributed by atoms with van der Waals surface area (Å²) in [6.07, 6.45) is 4.54. The van der Waals surface area contributed by atoms with Crippen molar-refractivity contribution in [1.29, 1.82) is 0 Å². The summed E-state index contributed by atoms with van der Waals surface area (Å²) in [5, 5.41) is 19.9. The zero-order chi connectivity index (χ0) is 39.1. The molecule has 0 radical (unpaired) electrons. The predicted molar refractivity (Wildman–Crippen MR) is 187 cm³/mol. The van der Waals surface area contributed by atoms with Gasteiger partial charge in [-0.3, -0.25) is 19.2 Å². The van der Waals surface area contributed by atoms with E-state index in [-0.39, 0.29) is 50.1 Å². The Morgan fingerprint density at radius 1 is 0.462 bits per heavy atom. The fraction of sp³-hybridized carbons (Fsp3) is 0.944. The summed E-state index contributed by atoms with van der Waals surface area (Å²) < 4.78 is 21.6. The average Bonchev–Trinajstić information content (AvgIpc) is 3.17. The first-order valence-corrected chi connectivity index (χ1v) is 19.4. The number of hydrogen-bond acceptors (Lipinski definition) is 16. The lowest BCUT2D eigenvalue weighted by Crippen LogP contribution is -2.49. The van der Waals surface area contributed by atoms with Crippen LogP contribution in [0, 0.1) is 23.7 Å². The van der Waals surface area contributed by atoms with E-state index in [1.807, 2.05) is 41.5 Å². The van der Waals surface area contributed by atoms with Crippen molar-refractivity contribution >= 4 is 12.3 Å². The normalized spacial score (nSPS) is 16.3. The van der Waals surface area contributed by atoms with E-state index >= 15 is 0 Å². The van der Waals surface area contributed by atoms with Gasteiger partial charge in [-0.1, -0.05) is 142 Å². The number of carbonyl (C=O) groups is 2. The number of unbranched alkanes of at least 4 members (excludes halogenated alkanes) is 4. The summed E-state index contributed by atoms with van der Waals surface area (Å²) in [4.78, 5) is 63.3. The molecule has 0 saturated carbocycles. The highest BCUT2D eigenvalue weighted by Gasteiger charge is 2.51. The summed E-state index contributed by atoms with van der Waals surface area (Å²) in [5.74, 6) is -0.00380. The van der Waals surface area contributed by atoms with Crippen molar-refractivity contribution in [3.8, 4) is 0 Å². The van der Waals surface area contributed by atoms with Gasteiger partial charge in [0.15, 0.2) is 0 Å². The van der Waals surface area contributed by atoms with Crippen LogP contribution < -0.4 is 0 Å². The molecule has 6 unspecified atom stereocenters. The largest absolute Gasteiger partial charge is 0.540 e. The molecule has 0 heterocycles. The van der Waals surface area contributed by atoms with Crippen LogP contribution in [0.5, 0.6) is 0 Å². The van der Waals surface area contributed by atoms with Crippen molar-refractivity contribution in [1.82, 2.24) is 0 Å². The molecule has 0 aliphatic rings. The minimum Gasteiger partial charge on any atom is -0.432 e. The van der Waals surface area contributed by atoms with Crippen LogP contribution >= 0.6 is 0 Å². The maximum absolute atomic E-state index is 12.5. The van der Waals surface area contributed by atoms with Gasteiger partial charge in [0.25, 0.3) is 0 Å². The van der Waals surface area contributed by atoms with Gasteiger partial charge in [-0.2, -0.15) is 0 Å². The molecule has 2 N–H and O–H groups in total. The Hall–Kier alpha value is -1.86. The van der Waals surface area contributed by atoms with Crippen molar-refractivity contribution in [2.24, 2.45) is 23.7 Å². The Morgan fingerprint density at radius 3 is 1.00 bits per heavy atom. The summed E-state index contributed by atoms with van der Waals surface area (Å²) in [6, 6.07) is 0. The van der Waals surface area contributed by atoms with Gasteiger partial charge in [-0.05, 0) is 49.4 Å². The van der Waals surface area contributed by atoms with Gasteiger partial charge in [0, 0.05) is 0 Å². The Balaban J connectivity index is 6.13. The van der Waals surface area contributed by atoms with Crippen molar-refractivity contribution in [3.05, 3.63) is 0 Å². The smallest absolute Gasteiger partial charge is 0.432 e. The molecule has 0 aromatic heterocycles. The van der Waals surface area contributed by atoms with Crippen LogP contribution in [0.1, 0.15) is 158 Å². The molecule has 52 heavy (non-hydrogen) atoms. The molecule has 0 bridgehead atoms. The van der Waals surface area contributed by atoms with Gasteiger partial charge < -0.3 is 9.47 Å². The third-order valence-electron chi connectivity index (χ3n) is 8.93. The topological polar surface area (TPSA) is 185 Å². The number of carbonyl (C=O) groups excluding carboxylic acids is 2. The quantitative estimate of drug-likeness (QED) is 0.0269. The first-order valence-electron chi connectivity index (χ1n) is 19.4. The first kappa shape index (κ1) is 50.1. The van der Waals surface area contributed by atoms with Crippen LogP contribution in [0.3, 0.4) is 0 Å². The zero-order valence-corrected chi connectivity index (χ0v) is 33.1. The van der Waals surface area contributed by atoms with Gasteiger partial charge in [-0.25, -0.2) is 20.1 Å². The molecule has 310 valence electrons. The predicted octanol–water partition coefficient (Wildman–Crippen LogP) is 10.2. The summed E-state index contributed by atoms with van der Waals surface area (Å²) in [5.41, 5.74) is 0. The SMILES string of the molecule is CCCCC(CC)COC(=O)OOC(OO)(OCC(CC)CCCC)OOC(OO)(OCC(CC)CCCC)OOC(=O)OCC(CC)CCCC. The lowest BCUT2D eigenvalue weighted by atomic mass is 10.0. The molecule has 16 nitrogen and oxygen atoms in total. The van der Waals surface area contributed by atoms with Gasteiger partial charge in [0.1, 0.15) is 0 Å². The highest BCUT2D eigenvalue weighted by molar-refractivity contribution is 5.59. The molecule has 6 atom stereocenters. The van der Waals surface area contributed by atoms with Crippen molar-refractivity contribution < 1.29 is 78.2 Å². The maximum atomic E-state index is 12.5. The first-order chi connectivity index (χ1) is 25.1. The molecule has 0 aliphatic carbocycles. The van der Waals surface area contributed by atoms with E-state index in [0.717, 1.165) is 89.9 Å². The van der Waals surface area contributed by atoms with E-state index in [1.165, 1.54) is 0 Å². The van der Waals surface area contributed by atoms with Gasteiger partial charge in [0.2, 0.25) is 0 Å². The second-order valence-electron chi connectivity index (χ2n) is 13.1. The second-order valence-corrected chi connectivity index (χ2v) is 13.1. The molecule has 16 heteroatoms. The van der Waals surface area contributed by atoms with E-state index in [1.54, 1.807) is 0 Å². The molecule has 0 rings (SSSR count). The molecular weight excluding hydrogens is 688 g/mol. The monoisotopic (exact) mass is 758 g/mol. The molecule has 0 aromatic rings. The standard InChI is InChI=1S/C36H70O16/c1-9-17-21-29(13-5)25-41-33(37)45-49-35(47-39,43-27-31(15-7)23-19-11-3)51-52-36(48-40,44-28-32(16-8)24-20-12-4)50-46-34(38)42-26-30(14-6)22-18-10-2/h29-32,39-40H,9-28H2,1-8H3. The average molecular weight is 759 g/mol. The number of rotatable bonds is 35. The Morgan fingerprint density at radius 2 is 0.750 bits per heavy atom. The summed E-state index contributed by atoms with van der Waals surface area (Å²) in [6.45, 7) is 15.8. The van der Waals surface area contributed by atoms with Crippen molar-refractivity contribution in [2.45, 2.75) is 170 Å². The van der Waals surface area contributed by atoms with E-state index < -0.39 is 24.6 Å². The highest BCUT2D eigenvalue weighted by atomic mass is 17.5. The summed E-state index contributed by atoms with van der Waals surface area (Å²) >= 11 is 0. The third kappa shape index (κ3) is 22.4. The highest BCUT2D eigenvalue weighted by Crippen LogP contribution is 2.28. The Bertz CT molecular complexity index is 798. The van der Waals surface area contributed by atoms with Crippen LogP contribution in [0.15, 0.2) is 0 Å². The molecule has 0 spiro atoms. The molecule has 0 amide bonds. The lowest BCUT2D eigenvalue weighted by molar-refractivity contribution is -0.756. The lowest BCUT2D eigenvalue weighted by Gasteiger charge is -2.31. The third-order valence-corrected chi connectivity index (χ3v) is 8.93. The van der Waals surface area contributed by atoms with Crippen LogP contribution in [0.25, 0.3) is 0 Å². The minimum atomic E-state index is -3.16. The zero-order valence-electron chi connectivity index (χ0n) is 33.1. The Kier molecular flexibility index (Phi) is 30.4. The van der Waals surface area contributed by atoms with Crippen LogP contribution in [-0.4, -0.2) is 61.6 Å². The van der Waals surface area contributed by atoms with Crippen LogP contribution in [0.2, 0.25) is 0 Å². The van der Waals surface area contributed by atoms with Gasteiger partial charge >= 0.3 is 24.6 Å². The number of ether oxygens (including phenoxy) is 4. The maximum Gasteiger partial charge on any atom is 0.540 e. The van der Waals surface area contributed by atoms with Gasteiger partial charge in [-0.15, -0.1) is 19.6 Å². The molecule has 0 saturated heterocycles. The fourth-order valence-electron chi connectivity index (χ4n) is 4.96. The number of hydrogen-bond donors (Lipinski definition) is 2. The van der Waals surface area contributed by atoms with Crippen molar-refractivity contribution in [3.63, 3.8) is 0 Å². The van der Waals surface area contributed by atoms with E-state index in [0.29, 0.717) is 12.8 Å². The van der Waals surface area contributed by atoms with E-state index in [9.17, 15) is 20.1 Å². The fourth-order valence-corrected chi connectivity index (χ4v) is 4.96. The molecule has 0 fully saturated rings. The second kappa shape index (κ2) is 31.5. The van der Waals surface area contributed by atoms with Crippen LogP contribution in [-0.2, 0) is 58.0 Å².